The highest BCUT2D eigenvalue weighted by atomic mass is 79.9. The summed E-state index contributed by atoms with van der Waals surface area (Å²) in [5, 5.41) is 0. The molecule has 0 amide bonds. The Kier molecular flexibility index (Phi) is 3.62. The van der Waals surface area contributed by atoms with Crippen molar-refractivity contribution in [1.29, 1.82) is 0 Å². The van der Waals surface area contributed by atoms with Crippen molar-refractivity contribution in [1.82, 2.24) is 0 Å². The number of Topliss-reactive ketones (excluding diaryl/α,β-unsaturated/α-hetero) is 1. The van der Waals surface area contributed by atoms with Crippen LogP contribution in [0.15, 0.2) is 46.9 Å². The summed E-state index contributed by atoms with van der Waals surface area (Å²) in [5.41, 5.74) is 3.17. The van der Waals surface area contributed by atoms with Gasteiger partial charge in [-0.25, -0.2) is 0 Å². The van der Waals surface area contributed by atoms with Gasteiger partial charge in [-0.05, 0) is 42.2 Å². The van der Waals surface area contributed by atoms with E-state index in [2.05, 4.69) is 15.9 Å². The smallest absolute Gasteiger partial charge is 0.166 e. The van der Waals surface area contributed by atoms with Crippen molar-refractivity contribution in [2.24, 2.45) is 5.92 Å². The molecule has 3 rings (SSSR count). The van der Waals surface area contributed by atoms with Gasteiger partial charge in [0.25, 0.3) is 0 Å². The van der Waals surface area contributed by atoms with Gasteiger partial charge in [-0.15, -0.1) is 0 Å². The zero-order valence-corrected chi connectivity index (χ0v) is 12.8. The zero-order chi connectivity index (χ0) is 14.1. The zero-order valence-electron chi connectivity index (χ0n) is 11.2. The maximum Gasteiger partial charge on any atom is 0.166 e. The van der Waals surface area contributed by atoms with Crippen molar-refractivity contribution in [3.63, 3.8) is 0 Å². The third-order valence-corrected chi connectivity index (χ3v) is 4.61. The Labute approximate surface area is 126 Å². The van der Waals surface area contributed by atoms with Crippen LogP contribution in [-0.2, 0) is 12.8 Å². The third kappa shape index (κ3) is 2.38. The van der Waals surface area contributed by atoms with Crippen LogP contribution < -0.4 is 4.74 Å². The number of ketones is 1. The van der Waals surface area contributed by atoms with E-state index in [0.29, 0.717) is 0 Å². The lowest BCUT2D eigenvalue weighted by atomic mass is 9.95. The number of fused-ring (bicyclic) bond motifs is 1. The predicted octanol–water partition coefficient (Wildman–Crippen LogP) is 4.06. The molecule has 1 unspecified atom stereocenters. The molecule has 0 aromatic heterocycles. The molecule has 0 spiro atoms. The molecule has 20 heavy (non-hydrogen) atoms. The van der Waals surface area contributed by atoms with E-state index in [-0.39, 0.29) is 11.7 Å². The highest BCUT2D eigenvalue weighted by Crippen LogP contribution is 2.32. The van der Waals surface area contributed by atoms with E-state index >= 15 is 0 Å². The summed E-state index contributed by atoms with van der Waals surface area (Å²) >= 11 is 3.56. The monoisotopic (exact) mass is 330 g/mol. The standard InChI is InChI=1S/C17H15BrO2/c1-20-14-6-7-16(18)12(10-14)9-13-8-11-4-2-3-5-15(11)17(13)19/h2-7,10,13H,8-9H2,1H3. The molecule has 0 fully saturated rings. The number of hydrogen-bond acceptors (Lipinski definition) is 2. The van der Waals surface area contributed by atoms with E-state index < -0.39 is 0 Å². The Bertz CT molecular complexity index is 664. The van der Waals surface area contributed by atoms with E-state index in [0.717, 1.165) is 34.2 Å². The lowest BCUT2D eigenvalue weighted by Gasteiger charge is -2.11. The van der Waals surface area contributed by atoms with Gasteiger partial charge < -0.3 is 4.74 Å². The first-order chi connectivity index (χ1) is 9.69. The van der Waals surface area contributed by atoms with E-state index in [1.54, 1.807) is 7.11 Å². The van der Waals surface area contributed by atoms with Gasteiger partial charge in [0.1, 0.15) is 5.75 Å². The Morgan fingerprint density at radius 2 is 2.05 bits per heavy atom. The Balaban J connectivity index is 1.85. The molecule has 3 heteroatoms. The van der Waals surface area contributed by atoms with Gasteiger partial charge in [0.15, 0.2) is 5.78 Å². The first-order valence-corrected chi connectivity index (χ1v) is 7.43. The molecule has 1 aliphatic carbocycles. The molecule has 2 aromatic carbocycles. The minimum Gasteiger partial charge on any atom is -0.497 e. The summed E-state index contributed by atoms with van der Waals surface area (Å²) < 4.78 is 6.29. The minimum absolute atomic E-state index is 0.0378. The molecule has 0 saturated heterocycles. The van der Waals surface area contributed by atoms with Crippen LogP contribution in [0.3, 0.4) is 0 Å². The summed E-state index contributed by atoms with van der Waals surface area (Å²) in [7, 11) is 1.66. The second kappa shape index (κ2) is 5.41. The number of carbonyl (C=O) groups is 1. The van der Waals surface area contributed by atoms with Crippen LogP contribution in [0, 0.1) is 5.92 Å². The van der Waals surface area contributed by atoms with Crippen molar-refractivity contribution < 1.29 is 9.53 Å². The predicted molar refractivity (Wildman–Crippen MR) is 82.4 cm³/mol. The molecule has 0 N–H and O–H groups in total. The number of halogens is 1. The van der Waals surface area contributed by atoms with Crippen molar-refractivity contribution in [3.05, 3.63) is 63.6 Å². The summed E-state index contributed by atoms with van der Waals surface area (Å²) in [6.45, 7) is 0. The fourth-order valence-corrected chi connectivity index (χ4v) is 3.19. The molecular weight excluding hydrogens is 316 g/mol. The molecule has 0 aliphatic heterocycles. The summed E-state index contributed by atoms with van der Waals surface area (Å²) in [6.07, 6.45) is 1.57. The highest BCUT2D eigenvalue weighted by Gasteiger charge is 2.30. The largest absolute Gasteiger partial charge is 0.497 e. The molecule has 0 radical (unpaired) electrons. The number of carbonyl (C=O) groups excluding carboxylic acids is 1. The van der Waals surface area contributed by atoms with Crippen LogP contribution in [0.2, 0.25) is 0 Å². The van der Waals surface area contributed by atoms with Crippen molar-refractivity contribution in [3.8, 4) is 5.75 Å². The lowest BCUT2D eigenvalue weighted by Crippen LogP contribution is -2.12. The van der Waals surface area contributed by atoms with Crippen molar-refractivity contribution in [2.45, 2.75) is 12.8 Å². The molecule has 2 aromatic rings. The second-order valence-electron chi connectivity index (χ2n) is 5.08. The average molecular weight is 331 g/mol. The fourth-order valence-electron chi connectivity index (χ4n) is 2.78. The Morgan fingerprint density at radius 3 is 2.80 bits per heavy atom. The van der Waals surface area contributed by atoms with Crippen LogP contribution in [0.1, 0.15) is 21.5 Å². The highest BCUT2D eigenvalue weighted by molar-refractivity contribution is 9.10. The molecule has 0 saturated carbocycles. The maximum absolute atomic E-state index is 12.4. The number of methoxy groups -OCH3 is 1. The number of rotatable bonds is 3. The molecule has 102 valence electrons. The second-order valence-corrected chi connectivity index (χ2v) is 5.94. The van der Waals surface area contributed by atoms with Gasteiger partial charge in [-0.2, -0.15) is 0 Å². The number of benzene rings is 2. The first-order valence-electron chi connectivity index (χ1n) is 6.63. The maximum atomic E-state index is 12.4. The fraction of sp³-hybridized carbons (Fsp3) is 0.235. The van der Waals surface area contributed by atoms with E-state index in [1.807, 2.05) is 42.5 Å². The summed E-state index contributed by atoms with van der Waals surface area (Å²) in [5.74, 6) is 1.12. The van der Waals surface area contributed by atoms with Gasteiger partial charge in [-0.1, -0.05) is 40.2 Å². The van der Waals surface area contributed by atoms with Crippen molar-refractivity contribution >= 4 is 21.7 Å². The normalized spacial score (nSPS) is 17.1. The van der Waals surface area contributed by atoms with Gasteiger partial charge in [-0.3, -0.25) is 4.79 Å². The molecular formula is C17H15BrO2. The molecule has 0 bridgehead atoms. The lowest BCUT2D eigenvalue weighted by molar-refractivity contribution is 0.0936. The van der Waals surface area contributed by atoms with Gasteiger partial charge in [0.2, 0.25) is 0 Å². The number of ether oxygens (including phenoxy) is 1. The topological polar surface area (TPSA) is 26.3 Å². The first kappa shape index (κ1) is 13.4. The molecule has 0 heterocycles. The molecule has 1 aliphatic rings. The Hall–Kier alpha value is -1.61. The van der Waals surface area contributed by atoms with Crippen LogP contribution in [0.25, 0.3) is 0 Å². The molecule has 1 atom stereocenters. The van der Waals surface area contributed by atoms with Crippen LogP contribution in [0.4, 0.5) is 0 Å². The molecule has 2 nitrogen and oxygen atoms in total. The van der Waals surface area contributed by atoms with Gasteiger partial charge >= 0.3 is 0 Å². The summed E-state index contributed by atoms with van der Waals surface area (Å²) in [4.78, 5) is 12.4. The SMILES string of the molecule is COc1ccc(Br)c(CC2Cc3ccccc3C2=O)c1. The van der Waals surface area contributed by atoms with Gasteiger partial charge in [0, 0.05) is 16.0 Å². The van der Waals surface area contributed by atoms with Gasteiger partial charge in [0.05, 0.1) is 7.11 Å². The van der Waals surface area contributed by atoms with Crippen LogP contribution in [0.5, 0.6) is 5.75 Å². The van der Waals surface area contributed by atoms with E-state index in [9.17, 15) is 4.79 Å². The van der Waals surface area contributed by atoms with Crippen LogP contribution in [-0.4, -0.2) is 12.9 Å². The average Bonchev–Trinajstić information content (AvgIpc) is 2.78. The van der Waals surface area contributed by atoms with E-state index in [1.165, 1.54) is 5.56 Å². The third-order valence-electron chi connectivity index (χ3n) is 3.84. The minimum atomic E-state index is 0.0378. The van der Waals surface area contributed by atoms with Crippen molar-refractivity contribution in [2.75, 3.05) is 7.11 Å². The van der Waals surface area contributed by atoms with Crippen LogP contribution >= 0.6 is 15.9 Å². The summed E-state index contributed by atoms with van der Waals surface area (Å²) in [6, 6.07) is 13.8. The number of hydrogen-bond donors (Lipinski definition) is 0. The Morgan fingerprint density at radius 1 is 1.25 bits per heavy atom. The quantitative estimate of drug-likeness (QED) is 0.848. The van der Waals surface area contributed by atoms with E-state index in [4.69, 9.17) is 4.74 Å².